The molecule has 3 rings (SSSR count). The summed E-state index contributed by atoms with van der Waals surface area (Å²) in [5, 5.41) is 0.648. The number of aromatic amines is 1. The molecule has 0 radical (unpaired) electrons. The Morgan fingerprint density at radius 3 is 2.61 bits per heavy atom. The second-order valence-corrected chi connectivity index (χ2v) is 5.70. The van der Waals surface area contributed by atoms with Crippen LogP contribution >= 0.6 is 11.6 Å². The molecular weight excluding hydrogens is 250 g/mol. The van der Waals surface area contributed by atoms with Gasteiger partial charge in [-0.25, -0.2) is 0 Å². The molecule has 0 unspecified atom stereocenters. The number of hydrogen-bond acceptors (Lipinski definition) is 2. The van der Waals surface area contributed by atoms with E-state index in [1.807, 2.05) is 11.0 Å². The van der Waals surface area contributed by atoms with E-state index in [4.69, 9.17) is 11.6 Å². The molecule has 1 aromatic heterocycles. The van der Waals surface area contributed by atoms with Crippen LogP contribution in [0.2, 0.25) is 5.15 Å². The van der Waals surface area contributed by atoms with Crippen LogP contribution in [-0.2, 0) is 0 Å². The number of halogens is 1. The maximum Gasteiger partial charge on any atom is 0.270 e. The van der Waals surface area contributed by atoms with E-state index in [9.17, 15) is 4.79 Å². The summed E-state index contributed by atoms with van der Waals surface area (Å²) in [6.45, 7) is 3.47. The predicted octanol–water partition coefficient (Wildman–Crippen LogP) is 1.93. The van der Waals surface area contributed by atoms with E-state index in [1.54, 1.807) is 0 Å². The second kappa shape index (κ2) is 4.59. The van der Waals surface area contributed by atoms with E-state index >= 15 is 0 Å². The number of rotatable bonds is 2. The monoisotopic (exact) mass is 267 g/mol. The third kappa shape index (κ3) is 2.27. The van der Waals surface area contributed by atoms with E-state index in [-0.39, 0.29) is 5.91 Å². The second-order valence-electron chi connectivity index (χ2n) is 5.32. The number of likely N-dealkylation sites (N-methyl/N-ethyl adjacent to an activating group) is 1. The number of carbonyl (C=O) groups is 1. The van der Waals surface area contributed by atoms with Crippen LogP contribution in [0.5, 0.6) is 0 Å². The summed E-state index contributed by atoms with van der Waals surface area (Å²) in [6, 6.07) is 1.95. The smallest absolute Gasteiger partial charge is 0.270 e. The Labute approximate surface area is 112 Å². The minimum atomic E-state index is 0.0805. The van der Waals surface area contributed by atoms with E-state index in [0.29, 0.717) is 16.8 Å². The van der Waals surface area contributed by atoms with Crippen molar-refractivity contribution in [3.8, 4) is 0 Å². The van der Waals surface area contributed by atoms with Gasteiger partial charge in [0.05, 0.1) is 0 Å². The zero-order chi connectivity index (χ0) is 12.7. The Balaban J connectivity index is 1.73. The third-order valence-electron chi connectivity index (χ3n) is 3.84. The molecule has 4 nitrogen and oxygen atoms in total. The lowest BCUT2D eigenvalue weighted by molar-refractivity contribution is 0.0659. The quantitative estimate of drug-likeness (QED) is 0.889. The molecular formula is C13H18ClN3O. The molecule has 1 N–H and O–H groups in total. The van der Waals surface area contributed by atoms with Crippen LogP contribution in [0.3, 0.4) is 0 Å². The first-order valence-electron chi connectivity index (χ1n) is 6.51. The van der Waals surface area contributed by atoms with Crippen molar-refractivity contribution in [1.29, 1.82) is 0 Å². The molecule has 2 heterocycles. The molecule has 1 aliphatic heterocycles. The van der Waals surface area contributed by atoms with Crippen LogP contribution in [-0.4, -0.2) is 53.9 Å². The highest BCUT2D eigenvalue weighted by atomic mass is 35.5. The Morgan fingerprint density at radius 2 is 2.00 bits per heavy atom. The molecule has 1 saturated heterocycles. The largest absolute Gasteiger partial charge is 0.341 e. The van der Waals surface area contributed by atoms with Crippen molar-refractivity contribution in [1.82, 2.24) is 14.8 Å². The number of carbonyl (C=O) groups excluding carboxylic acids is 1. The van der Waals surface area contributed by atoms with Gasteiger partial charge in [0.25, 0.3) is 5.91 Å². The van der Waals surface area contributed by atoms with Crippen LogP contribution in [0, 0.1) is 0 Å². The number of amides is 1. The fourth-order valence-electron chi connectivity index (χ4n) is 2.43. The van der Waals surface area contributed by atoms with Gasteiger partial charge in [-0.15, -0.1) is 0 Å². The van der Waals surface area contributed by atoms with Crippen molar-refractivity contribution < 1.29 is 4.79 Å². The van der Waals surface area contributed by atoms with Crippen molar-refractivity contribution in [2.75, 3.05) is 33.2 Å². The first-order chi connectivity index (χ1) is 8.65. The first kappa shape index (κ1) is 12.1. The van der Waals surface area contributed by atoms with E-state index in [1.165, 1.54) is 12.8 Å². The zero-order valence-corrected chi connectivity index (χ0v) is 11.3. The fraction of sp³-hybridized carbons (Fsp3) is 0.615. The van der Waals surface area contributed by atoms with Gasteiger partial charge in [-0.05, 0) is 37.4 Å². The Bertz CT molecular complexity index is 459. The normalized spacial score (nSPS) is 21.3. The van der Waals surface area contributed by atoms with Crippen LogP contribution in [0.1, 0.15) is 34.8 Å². The predicted molar refractivity (Wildman–Crippen MR) is 71.2 cm³/mol. The maximum absolute atomic E-state index is 12.3. The molecule has 0 aromatic carbocycles. The molecule has 2 aliphatic rings. The summed E-state index contributed by atoms with van der Waals surface area (Å²) in [4.78, 5) is 19.5. The van der Waals surface area contributed by atoms with Gasteiger partial charge >= 0.3 is 0 Å². The van der Waals surface area contributed by atoms with E-state index in [2.05, 4.69) is 16.9 Å². The minimum absolute atomic E-state index is 0.0805. The lowest BCUT2D eigenvalue weighted by atomic mass is 10.2. The van der Waals surface area contributed by atoms with Gasteiger partial charge in [-0.1, -0.05) is 11.6 Å². The molecule has 5 heteroatoms. The zero-order valence-electron chi connectivity index (χ0n) is 10.6. The van der Waals surface area contributed by atoms with Gasteiger partial charge in [-0.2, -0.15) is 0 Å². The first-order valence-corrected chi connectivity index (χ1v) is 6.89. The summed E-state index contributed by atoms with van der Waals surface area (Å²) in [5.74, 6) is 0.652. The molecule has 0 bridgehead atoms. The number of aromatic nitrogens is 1. The molecule has 1 amide bonds. The average molecular weight is 268 g/mol. The molecule has 2 fully saturated rings. The van der Waals surface area contributed by atoms with Gasteiger partial charge in [0.2, 0.25) is 0 Å². The average Bonchev–Trinajstić information content (AvgIpc) is 3.13. The van der Waals surface area contributed by atoms with Crippen molar-refractivity contribution in [3.63, 3.8) is 0 Å². The maximum atomic E-state index is 12.3. The van der Waals surface area contributed by atoms with Crippen LogP contribution < -0.4 is 0 Å². The molecule has 1 aliphatic carbocycles. The summed E-state index contributed by atoms with van der Waals surface area (Å²) in [7, 11) is 2.08. The van der Waals surface area contributed by atoms with E-state index < -0.39 is 0 Å². The standard InChI is InChI=1S/C13H18ClN3O/c1-16-4-6-17(7-5-16)13(18)11-8-10(9-2-3-9)12(14)15-11/h8-9,15H,2-7H2,1H3. The van der Waals surface area contributed by atoms with Crippen LogP contribution in [0.25, 0.3) is 0 Å². The van der Waals surface area contributed by atoms with Crippen molar-refractivity contribution >= 4 is 17.5 Å². The van der Waals surface area contributed by atoms with Crippen molar-refractivity contribution in [3.05, 3.63) is 22.5 Å². The Hall–Kier alpha value is -1.00. The van der Waals surface area contributed by atoms with Gasteiger partial charge < -0.3 is 14.8 Å². The lowest BCUT2D eigenvalue weighted by Crippen LogP contribution is -2.47. The number of H-pyrrole nitrogens is 1. The number of hydrogen-bond donors (Lipinski definition) is 1. The molecule has 98 valence electrons. The van der Waals surface area contributed by atoms with E-state index in [0.717, 1.165) is 31.7 Å². The molecule has 0 spiro atoms. The van der Waals surface area contributed by atoms with Gasteiger partial charge in [0.1, 0.15) is 10.8 Å². The molecule has 0 atom stereocenters. The highest BCUT2D eigenvalue weighted by Crippen LogP contribution is 2.43. The van der Waals surface area contributed by atoms with Gasteiger partial charge in [0.15, 0.2) is 0 Å². The highest BCUT2D eigenvalue weighted by molar-refractivity contribution is 6.30. The lowest BCUT2D eigenvalue weighted by Gasteiger charge is -2.32. The Kier molecular flexibility index (Phi) is 3.08. The highest BCUT2D eigenvalue weighted by Gasteiger charge is 2.29. The minimum Gasteiger partial charge on any atom is -0.341 e. The number of nitrogens with one attached hydrogen (secondary N) is 1. The summed E-state index contributed by atoms with van der Waals surface area (Å²) >= 11 is 6.15. The number of nitrogens with zero attached hydrogens (tertiary/aromatic N) is 2. The molecule has 18 heavy (non-hydrogen) atoms. The van der Waals surface area contributed by atoms with Crippen molar-refractivity contribution in [2.24, 2.45) is 0 Å². The summed E-state index contributed by atoms with van der Waals surface area (Å²) in [6.07, 6.45) is 2.39. The molecule has 1 aromatic rings. The summed E-state index contributed by atoms with van der Waals surface area (Å²) < 4.78 is 0. The summed E-state index contributed by atoms with van der Waals surface area (Å²) in [5.41, 5.74) is 1.76. The third-order valence-corrected chi connectivity index (χ3v) is 4.15. The van der Waals surface area contributed by atoms with Crippen LogP contribution in [0.15, 0.2) is 6.07 Å². The Morgan fingerprint density at radius 1 is 1.33 bits per heavy atom. The fourth-order valence-corrected chi connectivity index (χ4v) is 2.74. The van der Waals surface area contributed by atoms with Gasteiger partial charge in [-0.3, -0.25) is 4.79 Å². The molecule has 1 saturated carbocycles. The SMILES string of the molecule is CN1CCN(C(=O)c2cc(C3CC3)c(Cl)[nH]2)CC1. The van der Waals surface area contributed by atoms with Crippen LogP contribution in [0.4, 0.5) is 0 Å². The van der Waals surface area contributed by atoms with Gasteiger partial charge in [0, 0.05) is 26.2 Å². The topological polar surface area (TPSA) is 39.3 Å². The number of piperazine rings is 1. The van der Waals surface area contributed by atoms with Crippen molar-refractivity contribution in [2.45, 2.75) is 18.8 Å².